The van der Waals surface area contributed by atoms with E-state index >= 15 is 0 Å². The molecule has 0 spiro atoms. The molecule has 0 N–H and O–H groups in total. The van der Waals surface area contributed by atoms with Gasteiger partial charge in [0, 0.05) is 32.9 Å². The lowest BCUT2D eigenvalue weighted by atomic mass is 10.00. The van der Waals surface area contributed by atoms with E-state index in [0.29, 0.717) is 18.8 Å². The van der Waals surface area contributed by atoms with Crippen LogP contribution in [0.25, 0.3) is 0 Å². The number of hydrogen-bond acceptors (Lipinski definition) is 3. The molecule has 15 heavy (non-hydrogen) atoms. The quantitative estimate of drug-likeness (QED) is 0.740. The number of rotatable bonds is 4. The molecule has 82 valence electrons. The summed E-state index contributed by atoms with van der Waals surface area (Å²) in [6.45, 7) is 1.55. The van der Waals surface area contributed by atoms with Crippen LogP contribution >= 0.6 is 0 Å². The summed E-state index contributed by atoms with van der Waals surface area (Å²) in [5, 5.41) is 4.19. The van der Waals surface area contributed by atoms with Gasteiger partial charge in [-0.05, 0) is 18.4 Å². The Kier molecular flexibility index (Phi) is 3.16. The number of aryl methyl sites for hydroxylation is 1. The van der Waals surface area contributed by atoms with Crippen LogP contribution in [0.1, 0.15) is 18.5 Å². The molecule has 1 aliphatic heterocycles. The van der Waals surface area contributed by atoms with E-state index in [9.17, 15) is 4.79 Å². The van der Waals surface area contributed by atoms with E-state index in [0.717, 1.165) is 25.3 Å². The second-order valence-electron chi connectivity index (χ2n) is 4.13. The normalized spacial score (nSPS) is 20.7. The first-order valence-corrected chi connectivity index (χ1v) is 5.32. The molecule has 1 aliphatic rings. The van der Waals surface area contributed by atoms with Gasteiger partial charge in [0.1, 0.15) is 5.78 Å². The lowest BCUT2D eigenvalue weighted by Gasteiger charge is -2.04. The number of hydrogen-bond donors (Lipinski definition) is 0. The number of Topliss-reactive ketones (excluding diaryl/α,β-unsaturated/α-hetero) is 1. The number of carbonyl (C=O) groups is 1. The highest BCUT2D eigenvalue weighted by Gasteiger charge is 2.19. The number of aromatic nitrogens is 2. The number of ether oxygens (including phenoxy) is 1. The molecule has 1 saturated heterocycles. The number of nitrogens with zero attached hydrogens (tertiary/aromatic N) is 2. The van der Waals surface area contributed by atoms with Crippen molar-refractivity contribution in [2.24, 2.45) is 13.0 Å². The van der Waals surface area contributed by atoms with Crippen molar-refractivity contribution >= 4 is 5.78 Å². The minimum absolute atomic E-state index is 0.268. The summed E-state index contributed by atoms with van der Waals surface area (Å²) in [5.74, 6) is 0.699. The topological polar surface area (TPSA) is 44.1 Å². The van der Waals surface area contributed by atoms with Crippen LogP contribution in [0.3, 0.4) is 0 Å². The van der Waals surface area contributed by atoms with E-state index in [-0.39, 0.29) is 5.78 Å². The predicted molar refractivity (Wildman–Crippen MR) is 55.5 cm³/mol. The molecule has 1 fully saturated rings. The maximum absolute atomic E-state index is 11.7. The zero-order chi connectivity index (χ0) is 10.7. The second-order valence-corrected chi connectivity index (χ2v) is 4.13. The smallest absolute Gasteiger partial charge is 0.139 e. The maximum Gasteiger partial charge on any atom is 0.139 e. The lowest BCUT2D eigenvalue weighted by molar-refractivity contribution is -0.119. The summed E-state index contributed by atoms with van der Waals surface area (Å²) in [5.41, 5.74) is 0.862. The van der Waals surface area contributed by atoms with Crippen molar-refractivity contribution in [1.82, 2.24) is 9.78 Å². The molecule has 0 amide bonds. The summed E-state index contributed by atoms with van der Waals surface area (Å²) in [6.07, 6.45) is 3.98. The van der Waals surface area contributed by atoms with Crippen LogP contribution in [-0.2, 0) is 23.0 Å². The van der Waals surface area contributed by atoms with Gasteiger partial charge in [-0.2, -0.15) is 5.10 Å². The first-order chi connectivity index (χ1) is 7.24. The first kappa shape index (κ1) is 10.4. The van der Waals surface area contributed by atoms with Crippen molar-refractivity contribution in [3.05, 3.63) is 18.0 Å². The van der Waals surface area contributed by atoms with Crippen LogP contribution in [0.5, 0.6) is 0 Å². The Morgan fingerprint density at radius 3 is 3.20 bits per heavy atom. The van der Waals surface area contributed by atoms with Crippen molar-refractivity contribution in [3.8, 4) is 0 Å². The molecule has 4 nitrogen and oxygen atoms in total. The molecule has 2 heterocycles. The van der Waals surface area contributed by atoms with Gasteiger partial charge < -0.3 is 4.74 Å². The summed E-state index contributed by atoms with van der Waals surface area (Å²) in [4.78, 5) is 11.7. The minimum Gasteiger partial charge on any atom is -0.381 e. The van der Waals surface area contributed by atoms with Gasteiger partial charge in [-0.25, -0.2) is 0 Å². The maximum atomic E-state index is 11.7. The largest absolute Gasteiger partial charge is 0.381 e. The highest BCUT2D eigenvalue weighted by Crippen LogP contribution is 2.17. The molecule has 1 aromatic rings. The van der Waals surface area contributed by atoms with Gasteiger partial charge in [0.15, 0.2) is 0 Å². The third kappa shape index (κ3) is 2.89. The Hall–Kier alpha value is -1.16. The van der Waals surface area contributed by atoms with Crippen LogP contribution < -0.4 is 0 Å². The molecule has 0 aromatic carbocycles. The molecule has 2 rings (SSSR count). The standard InChI is InChI=1S/C11H16N2O2/c1-13-4-2-10(12-13)7-11(14)6-9-3-5-15-8-9/h2,4,9H,3,5-8H2,1H3. The van der Waals surface area contributed by atoms with Crippen LogP contribution in [0.15, 0.2) is 12.3 Å². The predicted octanol–water partition coefficient (Wildman–Crippen LogP) is 0.958. The number of ketones is 1. The van der Waals surface area contributed by atoms with Crippen LogP contribution in [0.4, 0.5) is 0 Å². The van der Waals surface area contributed by atoms with Crippen LogP contribution in [0.2, 0.25) is 0 Å². The second kappa shape index (κ2) is 4.57. The fourth-order valence-electron chi connectivity index (χ4n) is 1.90. The summed E-state index contributed by atoms with van der Waals surface area (Å²) >= 11 is 0. The third-order valence-corrected chi connectivity index (χ3v) is 2.69. The third-order valence-electron chi connectivity index (χ3n) is 2.69. The Labute approximate surface area is 89.2 Å². The van der Waals surface area contributed by atoms with Crippen molar-refractivity contribution in [1.29, 1.82) is 0 Å². The van der Waals surface area contributed by atoms with E-state index in [1.54, 1.807) is 4.68 Å². The molecule has 4 heteroatoms. The van der Waals surface area contributed by atoms with E-state index in [1.165, 1.54) is 0 Å². The molecular formula is C11H16N2O2. The molecule has 0 saturated carbocycles. The summed E-state index contributed by atoms with van der Waals surface area (Å²) < 4.78 is 6.96. The van der Waals surface area contributed by atoms with Crippen molar-refractivity contribution in [3.63, 3.8) is 0 Å². The van der Waals surface area contributed by atoms with E-state index < -0.39 is 0 Å². The molecule has 1 atom stereocenters. The zero-order valence-electron chi connectivity index (χ0n) is 8.98. The number of carbonyl (C=O) groups excluding carboxylic acids is 1. The van der Waals surface area contributed by atoms with Gasteiger partial charge in [-0.3, -0.25) is 9.48 Å². The lowest BCUT2D eigenvalue weighted by Crippen LogP contribution is -2.11. The van der Waals surface area contributed by atoms with Gasteiger partial charge in [-0.15, -0.1) is 0 Å². The van der Waals surface area contributed by atoms with E-state index in [4.69, 9.17) is 4.74 Å². The summed E-state index contributed by atoms with van der Waals surface area (Å²) in [7, 11) is 1.86. The Morgan fingerprint density at radius 2 is 2.60 bits per heavy atom. The monoisotopic (exact) mass is 208 g/mol. The highest BCUT2D eigenvalue weighted by molar-refractivity contribution is 5.80. The van der Waals surface area contributed by atoms with Crippen molar-refractivity contribution in [2.45, 2.75) is 19.3 Å². The fraction of sp³-hybridized carbons (Fsp3) is 0.636. The molecule has 0 radical (unpaired) electrons. The Bertz CT molecular complexity index is 340. The van der Waals surface area contributed by atoms with Crippen LogP contribution in [0, 0.1) is 5.92 Å². The fourth-order valence-corrected chi connectivity index (χ4v) is 1.90. The Balaban J connectivity index is 1.81. The summed E-state index contributed by atoms with van der Waals surface area (Å²) in [6, 6.07) is 1.89. The molecule has 0 aliphatic carbocycles. The Morgan fingerprint density at radius 1 is 1.73 bits per heavy atom. The average Bonchev–Trinajstić information content (AvgIpc) is 2.77. The average molecular weight is 208 g/mol. The molecular weight excluding hydrogens is 192 g/mol. The first-order valence-electron chi connectivity index (χ1n) is 5.32. The highest BCUT2D eigenvalue weighted by atomic mass is 16.5. The zero-order valence-corrected chi connectivity index (χ0v) is 8.98. The van der Waals surface area contributed by atoms with Gasteiger partial charge in [-0.1, -0.05) is 0 Å². The molecule has 1 aromatic heterocycles. The van der Waals surface area contributed by atoms with Crippen molar-refractivity contribution in [2.75, 3.05) is 13.2 Å². The van der Waals surface area contributed by atoms with Gasteiger partial charge in [0.2, 0.25) is 0 Å². The van der Waals surface area contributed by atoms with Gasteiger partial charge in [0.25, 0.3) is 0 Å². The molecule has 0 bridgehead atoms. The van der Waals surface area contributed by atoms with E-state index in [1.807, 2.05) is 19.3 Å². The van der Waals surface area contributed by atoms with Crippen LogP contribution in [-0.4, -0.2) is 28.8 Å². The van der Waals surface area contributed by atoms with Gasteiger partial charge in [0.05, 0.1) is 12.1 Å². The van der Waals surface area contributed by atoms with Gasteiger partial charge >= 0.3 is 0 Å². The van der Waals surface area contributed by atoms with E-state index in [2.05, 4.69) is 5.10 Å². The minimum atomic E-state index is 0.268. The molecule has 1 unspecified atom stereocenters. The SMILES string of the molecule is Cn1ccc(CC(=O)CC2CCOC2)n1. The van der Waals surface area contributed by atoms with Crippen molar-refractivity contribution < 1.29 is 9.53 Å².